The first-order valence-corrected chi connectivity index (χ1v) is 6.34. The number of hydrogen-bond donors (Lipinski definition) is 1. The van der Waals surface area contributed by atoms with E-state index in [2.05, 4.69) is 15.0 Å². The van der Waals surface area contributed by atoms with E-state index < -0.39 is 11.4 Å². The van der Waals surface area contributed by atoms with Gasteiger partial charge in [0.2, 0.25) is 0 Å². The predicted molar refractivity (Wildman–Crippen MR) is 67.4 cm³/mol. The normalized spacial score (nSPS) is 13.2. The van der Waals surface area contributed by atoms with Gasteiger partial charge in [-0.2, -0.15) is 0 Å². The van der Waals surface area contributed by atoms with Gasteiger partial charge < -0.3 is 5.11 Å². The maximum Gasteiger partial charge on any atom is 0.310 e. The van der Waals surface area contributed by atoms with Gasteiger partial charge in [-0.25, -0.2) is 15.0 Å². The van der Waals surface area contributed by atoms with Crippen LogP contribution in [0.3, 0.4) is 0 Å². The molecule has 0 radical (unpaired) electrons. The van der Waals surface area contributed by atoms with Crippen molar-refractivity contribution in [1.82, 2.24) is 15.0 Å². The topological polar surface area (TPSA) is 76.0 Å². The van der Waals surface area contributed by atoms with Gasteiger partial charge in [0.15, 0.2) is 0 Å². The number of carbonyl (C=O) groups is 1. The van der Waals surface area contributed by atoms with E-state index in [0.29, 0.717) is 0 Å². The molecule has 1 N–H and O–H groups in total. The molecule has 5 nitrogen and oxygen atoms in total. The highest BCUT2D eigenvalue weighted by Crippen LogP contribution is 2.40. The second-order valence-corrected chi connectivity index (χ2v) is 5.26. The Morgan fingerprint density at radius 2 is 2.06 bits per heavy atom. The molecule has 0 saturated heterocycles. The second kappa shape index (κ2) is 4.81. The average molecular weight is 263 g/mol. The third kappa shape index (κ3) is 2.24. The van der Waals surface area contributed by atoms with Crippen molar-refractivity contribution in [3.05, 3.63) is 40.9 Å². The van der Waals surface area contributed by atoms with Crippen LogP contribution in [0.1, 0.15) is 31.0 Å². The lowest BCUT2D eigenvalue weighted by molar-refractivity contribution is -0.147. The SMILES string of the molecule is CC(C)(C(=O)O)C(c1cncnc1)c1cscn1. The molecule has 2 aromatic rings. The lowest BCUT2D eigenvalue weighted by atomic mass is 9.74. The number of hydrogen-bond acceptors (Lipinski definition) is 5. The summed E-state index contributed by atoms with van der Waals surface area (Å²) in [7, 11) is 0. The summed E-state index contributed by atoms with van der Waals surface area (Å²) in [5, 5.41) is 11.3. The zero-order chi connectivity index (χ0) is 13.2. The molecule has 0 bridgehead atoms. The van der Waals surface area contributed by atoms with E-state index in [-0.39, 0.29) is 5.92 Å². The van der Waals surface area contributed by atoms with E-state index in [1.54, 1.807) is 31.8 Å². The van der Waals surface area contributed by atoms with Crippen molar-refractivity contribution < 1.29 is 9.90 Å². The molecule has 0 amide bonds. The van der Waals surface area contributed by atoms with Crippen LogP contribution in [0.25, 0.3) is 0 Å². The van der Waals surface area contributed by atoms with Crippen molar-refractivity contribution >= 4 is 17.3 Å². The highest BCUT2D eigenvalue weighted by molar-refractivity contribution is 7.07. The van der Waals surface area contributed by atoms with Crippen LogP contribution in [0.15, 0.2) is 29.6 Å². The summed E-state index contributed by atoms with van der Waals surface area (Å²) < 4.78 is 0. The smallest absolute Gasteiger partial charge is 0.310 e. The Bertz CT molecular complexity index is 526. The van der Waals surface area contributed by atoms with Crippen molar-refractivity contribution in [2.24, 2.45) is 5.41 Å². The maximum atomic E-state index is 11.5. The molecule has 6 heteroatoms. The number of carboxylic acid groups (broad SMARTS) is 1. The van der Waals surface area contributed by atoms with Gasteiger partial charge in [-0.1, -0.05) is 0 Å². The highest BCUT2D eigenvalue weighted by Gasteiger charge is 2.40. The summed E-state index contributed by atoms with van der Waals surface area (Å²) in [4.78, 5) is 23.6. The van der Waals surface area contributed by atoms with Crippen LogP contribution in [-0.4, -0.2) is 26.0 Å². The number of nitrogens with zero attached hydrogens (tertiary/aromatic N) is 3. The Morgan fingerprint density at radius 3 is 2.56 bits per heavy atom. The number of aromatic nitrogens is 3. The minimum atomic E-state index is -0.973. The first-order valence-electron chi connectivity index (χ1n) is 5.40. The molecular formula is C12H13N3O2S. The molecule has 0 fully saturated rings. The molecule has 0 aliphatic carbocycles. The van der Waals surface area contributed by atoms with Crippen LogP contribution < -0.4 is 0 Å². The third-order valence-corrected chi connectivity index (χ3v) is 3.54. The van der Waals surface area contributed by atoms with Crippen molar-refractivity contribution in [2.75, 3.05) is 0 Å². The second-order valence-electron chi connectivity index (χ2n) is 4.54. The lowest BCUT2D eigenvalue weighted by Gasteiger charge is -2.29. The predicted octanol–water partition coefficient (Wildman–Crippen LogP) is 2.18. The summed E-state index contributed by atoms with van der Waals surface area (Å²) in [6.45, 7) is 3.37. The average Bonchev–Trinajstić information content (AvgIpc) is 2.83. The first kappa shape index (κ1) is 12.6. The Balaban J connectivity index is 2.52. The molecule has 0 spiro atoms. The van der Waals surface area contributed by atoms with Gasteiger partial charge in [0.05, 0.1) is 16.6 Å². The highest BCUT2D eigenvalue weighted by atomic mass is 32.1. The zero-order valence-corrected chi connectivity index (χ0v) is 10.9. The fourth-order valence-electron chi connectivity index (χ4n) is 1.90. The van der Waals surface area contributed by atoms with Gasteiger partial charge in [-0.15, -0.1) is 11.3 Å². The lowest BCUT2D eigenvalue weighted by Crippen LogP contribution is -2.32. The van der Waals surface area contributed by atoms with Crippen molar-refractivity contribution in [1.29, 1.82) is 0 Å². The molecule has 0 saturated carbocycles. The summed E-state index contributed by atoms with van der Waals surface area (Å²) >= 11 is 1.45. The van der Waals surface area contributed by atoms with Crippen molar-refractivity contribution in [3.63, 3.8) is 0 Å². The van der Waals surface area contributed by atoms with Gasteiger partial charge >= 0.3 is 5.97 Å². The zero-order valence-electron chi connectivity index (χ0n) is 10.1. The Morgan fingerprint density at radius 1 is 1.39 bits per heavy atom. The van der Waals surface area contributed by atoms with Crippen molar-refractivity contribution in [2.45, 2.75) is 19.8 Å². The quantitative estimate of drug-likeness (QED) is 0.914. The fraction of sp³-hybridized carbons (Fsp3) is 0.333. The third-order valence-electron chi connectivity index (χ3n) is 2.93. The van der Waals surface area contributed by atoms with E-state index in [0.717, 1.165) is 11.3 Å². The van der Waals surface area contributed by atoms with E-state index in [4.69, 9.17) is 0 Å². The minimum absolute atomic E-state index is 0.359. The Hall–Kier alpha value is -1.82. The largest absolute Gasteiger partial charge is 0.481 e. The van der Waals surface area contributed by atoms with Crippen molar-refractivity contribution in [3.8, 4) is 0 Å². The van der Waals surface area contributed by atoms with Crippen LogP contribution in [-0.2, 0) is 4.79 Å². The summed E-state index contributed by atoms with van der Waals surface area (Å²) in [5.41, 5.74) is 2.22. The molecular weight excluding hydrogens is 250 g/mol. The van der Waals surface area contributed by atoms with Gasteiger partial charge in [0.1, 0.15) is 6.33 Å². The molecule has 1 unspecified atom stereocenters. The monoisotopic (exact) mass is 263 g/mol. The number of rotatable bonds is 4. The molecule has 2 rings (SSSR count). The number of thiazole rings is 1. The Labute approximate surface area is 109 Å². The molecule has 1 atom stereocenters. The molecule has 0 aromatic carbocycles. The summed E-state index contributed by atoms with van der Waals surface area (Å²) in [5.74, 6) is -1.23. The summed E-state index contributed by atoms with van der Waals surface area (Å²) in [6, 6.07) is 0. The van der Waals surface area contributed by atoms with Gasteiger partial charge in [-0.3, -0.25) is 4.79 Å². The van der Waals surface area contributed by atoms with Crippen LogP contribution >= 0.6 is 11.3 Å². The van der Waals surface area contributed by atoms with Crippen LogP contribution in [0.4, 0.5) is 0 Å². The molecule has 2 heterocycles. The molecule has 0 aliphatic heterocycles. The van der Waals surface area contributed by atoms with Gasteiger partial charge in [0, 0.05) is 23.7 Å². The van der Waals surface area contributed by atoms with E-state index >= 15 is 0 Å². The standard InChI is InChI=1S/C12H13N3O2S/c1-12(2,11(16)17)10(9-5-18-7-15-9)8-3-13-6-14-4-8/h3-7,10H,1-2H3,(H,16,17). The minimum Gasteiger partial charge on any atom is -0.481 e. The van der Waals surface area contributed by atoms with E-state index in [9.17, 15) is 9.90 Å². The molecule has 0 aliphatic rings. The van der Waals surface area contributed by atoms with Gasteiger partial charge in [0.25, 0.3) is 0 Å². The summed E-state index contributed by atoms with van der Waals surface area (Å²) in [6.07, 6.45) is 4.71. The van der Waals surface area contributed by atoms with Gasteiger partial charge in [-0.05, 0) is 19.4 Å². The Kier molecular flexibility index (Phi) is 3.38. The number of carboxylic acids is 1. The molecule has 2 aromatic heterocycles. The van der Waals surface area contributed by atoms with Crippen LogP contribution in [0, 0.1) is 5.41 Å². The fourth-order valence-corrected chi connectivity index (χ4v) is 2.48. The molecule has 18 heavy (non-hydrogen) atoms. The maximum absolute atomic E-state index is 11.5. The van der Waals surface area contributed by atoms with E-state index in [1.807, 2.05) is 5.38 Å². The van der Waals surface area contributed by atoms with E-state index in [1.165, 1.54) is 17.7 Å². The van der Waals surface area contributed by atoms with Crippen LogP contribution in [0.2, 0.25) is 0 Å². The molecule has 94 valence electrons. The first-order chi connectivity index (χ1) is 8.53. The number of aliphatic carboxylic acids is 1. The van der Waals surface area contributed by atoms with Crippen LogP contribution in [0.5, 0.6) is 0 Å².